The maximum absolute atomic E-state index is 12.8. The predicted molar refractivity (Wildman–Crippen MR) is 105 cm³/mol. The summed E-state index contributed by atoms with van der Waals surface area (Å²) in [6, 6.07) is 13.1. The van der Waals surface area contributed by atoms with Crippen LogP contribution in [0.15, 0.2) is 65.8 Å². The van der Waals surface area contributed by atoms with E-state index in [9.17, 15) is 19.7 Å². The Morgan fingerprint density at radius 3 is 2.59 bits per heavy atom. The van der Waals surface area contributed by atoms with Crippen molar-refractivity contribution in [3.63, 3.8) is 0 Å². The van der Waals surface area contributed by atoms with Crippen LogP contribution in [-0.2, 0) is 6.54 Å². The van der Waals surface area contributed by atoms with Gasteiger partial charge in [0.15, 0.2) is 11.4 Å². The number of Topliss-reactive ketones (excluding diaryl/α,β-unsaturated/α-hetero) is 1. The van der Waals surface area contributed by atoms with Gasteiger partial charge in [-0.05, 0) is 13.0 Å². The largest absolute Gasteiger partial charge is 0.294 e. The van der Waals surface area contributed by atoms with E-state index in [-0.39, 0.29) is 34.7 Å². The number of para-hydroxylation sites is 2. The molecular weight excluding hydrogens is 374 g/mol. The Labute approximate surface area is 164 Å². The first-order valence-electron chi connectivity index (χ1n) is 8.72. The predicted octanol–water partition coefficient (Wildman–Crippen LogP) is 2.68. The number of fused-ring (bicyclic) bond motifs is 1. The molecule has 0 aliphatic rings. The fraction of sp³-hybridized carbons (Fsp3) is 0.100. The maximum atomic E-state index is 12.8. The van der Waals surface area contributed by atoms with Crippen LogP contribution in [0.5, 0.6) is 0 Å². The molecule has 9 nitrogen and oxygen atoms in total. The van der Waals surface area contributed by atoms with Crippen LogP contribution in [-0.4, -0.2) is 30.0 Å². The molecule has 0 aliphatic carbocycles. The zero-order valence-corrected chi connectivity index (χ0v) is 15.3. The smallest absolute Gasteiger partial charge is 0.292 e. The monoisotopic (exact) mass is 389 g/mol. The molecule has 0 fully saturated rings. The first-order chi connectivity index (χ1) is 14.0. The molecule has 4 rings (SSSR count). The molecular formula is C20H15N5O4. The zero-order chi connectivity index (χ0) is 20.5. The Hall–Kier alpha value is -4.14. The van der Waals surface area contributed by atoms with Crippen LogP contribution in [0.4, 0.5) is 5.69 Å². The summed E-state index contributed by atoms with van der Waals surface area (Å²) < 4.78 is 2.46. The van der Waals surface area contributed by atoms with Crippen LogP contribution in [0, 0.1) is 17.0 Å². The third kappa shape index (κ3) is 3.29. The molecule has 0 saturated carbocycles. The number of aromatic nitrogens is 4. The molecule has 2 aromatic carbocycles. The third-order valence-electron chi connectivity index (χ3n) is 4.55. The van der Waals surface area contributed by atoms with Gasteiger partial charge in [-0.25, -0.2) is 9.67 Å². The number of nitrogens with zero attached hydrogens (tertiary/aromatic N) is 5. The molecule has 0 unspecified atom stereocenters. The van der Waals surface area contributed by atoms with Crippen molar-refractivity contribution < 1.29 is 9.72 Å². The van der Waals surface area contributed by atoms with E-state index in [1.165, 1.54) is 33.9 Å². The van der Waals surface area contributed by atoms with E-state index in [1.54, 1.807) is 24.3 Å². The van der Waals surface area contributed by atoms with E-state index in [4.69, 9.17) is 0 Å². The normalized spacial score (nSPS) is 10.9. The third-order valence-corrected chi connectivity index (χ3v) is 4.55. The Morgan fingerprint density at radius 1 is 1.14 bits per heavy atom. The summed E-state index contributed by atoms with van der Waals surface area (Å²) in [5.74, 6) is -0.223. The number of carbonyl (C=O) groups excluding carboxylic acids is 1. The lowest BCUT2D eigenvalue weighted by Crippen LogP contribution is -2.24. The number of benzene rings is 2. The van der Waals surface area contributed by atoms with E-state index in [0.717, 1.165) is 5.56 Å². The number of hydrogen-bond acceptors (Lipinski definition) is 6. The molecule has 0 saturated heterocycles. The molecule has 29 heavy (non-hydrogen) atoms. The highest BCUT2D eigenvalue weighted by molar-refractivity contribution is 5.96. The highest BCUT2D eigenvalue weighted by Gasteiger charge is 2.19. The standard InChI is InChI=1S/C20H15N5O4/c1-13-6-8-14(9-7-13)18(26)11-23-12-21-19-15(20(23)27)10-22-24(19)16-4-2-3-5-17(16)25(28)29/h2-10,12H,11H2,1H3. The van der Waals surface area contributed by atoms with Gasteiger partial charge in [-0.1, -0.05) is 42.0 Å². The van der Waals surface area contributed by atoms with E-state index in [0.29, 0.717) is 5.56 Å². The van der Waals surface area contributed by atoms with E-state index < -0.39 is 10.5 Å². The highest BCUT2D eigenvalue weighted by atomic mass is 16.6. The van der Waals surface area contributed by atoms with Crippen LogP contribution < -0.4 is 5.56 Å². The van der Waals surface area contributed by atoms with Crippen LogP contribution in [0.25, 0.3) is 16.7 Å². The molecule has 0 radical (unpaired) electrons. The summed E-state index contributed by atoms with van der Waals surface area (Å²) in [5.41, 5.74) is 1.32. The number of ketones is 1. The molecule has 0 atom stereocenters. The second-order valence-electron chi connectivity index (χ2n) is 6.51. The molecule has 9 heteroatoms. The average Bonchev–Trinajstić information content (AvgIpc) is 3.15. The Kier molecular flexibility index (Phi) is 4.47. The summed E-state index contributed by atoms with van der Waals surface area (Å²) in [6.45, 7) is 1.76. The van der Waals surface area contributed by atoms with Crippen LogP contribution in [0.2, 0.25) is 0 Å². The Morgan fingerprint density at radius 2 is 1.86 bits per heavy atom. The highest BCUT2D eigenvalue weighted by Crippen LogP contribution is 2.23. The first kappa shape index (κ1) is 18.2. The van der Waals surface area contributed by atoms with Gasteiger partial charge in [-0.2, -0.15) is 5.10 Å². The number of carbonyl (C=O) groups is 1. The van der Waals surface area contributed by atoms with Crippen LogP contribution in [0.1, 0.15) is 15.9 Å². The number of nitro groups is 1. The molecule has 0 N–H and O–H groups in total. The molecule has 0 amide bonds. The lowest BCUT2D eigenvalue weighted by Gasteiger charge is -2.06. The number of aryl methyl sites for hydroxylation is 1. The zero-order valence-electron chi connectivity index (χ0n) is 15.3. The molecule has 0 bridgehead atoms. The topological polar surface area (TPSA) is 113 Å². The number of nitro benzene ring substituents is 1. The molecule has 144 valence electrons. The number of hydrogen-bond donors (Lipinski definition) is 0. The second-order valence-corrected chi connectivity index (χ2v) is 6.51. The van der Waals surface area contributed by atoms with Crippen molar-refractivity contribution in [3.8, 4) is 5.69 Å². The van der Waals surface area contributed by atoms with Crippen molar-refractivity contribution in [1.82, 2.24) is 19.3 Å². The van der Waals surface area contributed by atoms with Gasteiger partial charge in [0.1, 0.15) is 17.4 Å². The lowest BCUT2D eigenvalue weighted by atomic mass is 10.1. The fourth-order valence-electron chi connectivity index (χ4n) is 3.02. The van der Waals surface area contributed by atoms with Gasteiger partial charge in [0, 0.05) is 11.6 Å². The quantitative estimate of drug-likeness (QED) is 0.295. The van der Waals surface area contributed by atoms with Crippen molar-refractivity contribution in [2.24, 2.45) is 0 Å². The lowest BCUT2D eigenvalue weighted by molar-refractivity contribution is -0.384. The van der Waals surface area contributed by atoms with E-state index in [2.05, 4.69) is 10.1 Å². The molecule has 0 spiro atoms. The van der Waals surface area contributed by atoms with E-state index >= 15 is 0 Å². The van der Waals surface area contributed by atoms with Crippen molar-refractivity contribution in [1.29, 1.82) is 0 Å². The Balaban J connectivity index is 1.73. The molecule has 2 aromatic heterocycles. The first-order valence-corrected chi connectivity index (χ1v) is 8.72. The minimum Gasteiger partial charge on any atom is -0.292 e. The Bertz CT molecular complexity index is 1300. The number of rotatable bonds is 5. The van der Waals surface area contributed by atoms with Gasteiger partial charge in [0.2, 0.25) is 0 Å². The molecule has 4 aromatic rings. The summed E-state index contributed by atoms with van der Waals surface area (Å²) in [6.07, 6.45) is 2.55. The van der Waals surface area contributed by atoms with Crippen molar-refractivity contribution in [3.05, 3.63) is 92.7 Å². The van der Waals surface area contributed by atoms with Crippen LogP contribution in [0.3, 0.4) is 0 Å². The van der Waals surface area contributed by atoms with Crippen molar-refractivity contribution in [2.45, 2.75) is 13.5 Å². The minimum absolute atomic E-state index is 0.155. The van der Waals surface area contributed by atoms with Gasteiger partial charge in [0.05, 0.1) is 17.7 Å². The summed E-state index contributed by atoms with van der Waals surface area (Å²) >= 11 is 0. The van der Waals surface area contributed by atoms with Gasteiger partial charge in [-0.15, -0.1) is 0 Å². The SMILES string of the molecule is Cc1ccc(C(=O)Cn2cnc3c(cnn3-c3ccccc3[N+](=O)[O-])c2=O)cc1. The fourth-order valence-corrected chi connectivity index (χ4v) is 3.02. The van der Waals surface area contributed by atoms with Gasteiger partial charge < -0.3 is 0 Å². The summed E-state index contributed by atoms with van der Waals surface area (Å²) in [5, 5.41) is 15.6. The van der Waals surface area contributed by atoms with E-state index in [1.807, 2.05) is 19.1 Å². The summed E-state index contributed by atoms with van der Waals surface area (Å²) in [7, 11) is 0. The van der Waals surface area contributed by atoms with Crippen molar-refractivity contribution >= 4 is 22.5 Å². The van der Waals surface area contributed by atoms with Gasteiger partial charge >= 0.3 is 0 Å². The van der Waals surface area contributed by atoms with Gasteiger partial charge in [-0.3, -0.25) is 24.3 Å². The van der Waals surface area contributed by atoms with Crippen LogP contribution >= 0.6 is 0 Å². The van der Waals surface area contributed by atoms with Gasteiger partial charge in [0.25, 0.3) is 11.2 Å². The second kappa shape index (κ2) is 7.12. The minimum atomic E-state index is -0.523. The molecule has 0 aliphatic heterocycles. The average molecular weight is 389 g/mol. The van der Waals surface area contributed by atoms with Crippen molar-refractivity contribution in [2.75, 3.05) is 0 Å². The summed E-state index contributed by atoms with van der Waals surface area (Å²) in [4.78, 5) is 40.3. The molecule has 2 heterocycles. The maximum Gasteiger partial charge on any atom is 0.294 e.